The molecule has 0 aliphatic rings. The van der Waals surface area contributed by atoms with Crippen molar-refractivity contribution in [3.8, 4) is 0 Å². The van der Waals surface area contributed by atoms with E-state index in [1.807, 2.05) is 13.8 Å². The Kier molecular flexibility index (Phi) is 6.94. The van der Waals surface area contributed by atoms with E-state index >= 15 is 0 Å². The monoisotopic (exact) mass is 296 g/mol. The molecular formula is C16H28N2O3. The summed E-state index contributed by atoms with van der Waals surface area (Å²) in [6.45, 7) is 10.2. The SMILES string of the molecule is CN=CCC(NC(=O)C(C)(C)CC(C)(C)C(C)=O)C(C)=O. The lowest BCUT2D eigenvalue weighted by atomic mass is 9.72. The van der Waals surface area contributed by atoms with Crippen LogP contribution in [0.25, 0.3) is 0 Å². The minimum atomic E-state index is -0.730. The standard InChI is InChI=1S/C16H28N2O3/c1-11(19)13(8-9-17-7)18-14(21)16(5,6)10-15(3,4)12(2)20/h9,13H,8,10H2,1-7H3,(H,18,21). The molecule has 21 heavy (non-hydrogen) atoms. The van der Waals surface area contributed by atoms with Gasteiger partial charge in [-0.15, -0.1) is 0 Å². The van der Waals surface area contributed by atoms with Gasteiger partial charge in [0, 0.05) is 30.5 Å². The van der Waals surface area contributed by atoms with E-state index < -0.39 is 16.9 Å². The van der Waals surface area contributed by atoms with Crippen LogP contribution in [0.1, 0.15) is 54.4 Å². The number of Topliss-reactive ketones (excluding diaryl/α,β-unsaturated/α-hetero) is 2. The molecule has 0 fully saturated rings. The second kappa shape index (κ2) is 7.48. The summed E-state index contributed by atoms with van der Waals surface area (Å²) in [6, 6.07) is -0.569. The molecule has 0 radical (unpaired) electrons. The van der Waals surface area contributed by atoms with Crippen molar-refractivity contribution in [2.45, 2.75) is 60.4 Å². The number of carbonyl (C=O) groups excluding carboxylic acids is 3. The highest BCUT2D eigenvalue weighted by molar-refractivity contribution is 5.92. The third-order valence-corrected chi connectivity index (χ3v) is 3.77. The predicted octanol–water partition coefficient (Wildman–Crippen LogP) is 2.18. The van der Waals surface area contributed by atoms with Crippen LogP contribution in [0.4, 0.5) is 0 Å². The summed E-state index contributed by atoms with van der Waals surface area (Å²) >= 11 is 0. The highest BCUT2D eigenvalue weighted by atomic mass is 16.2. The Labute approximate surface area is 127 Å². The quantitative estimate of drug-likeness (QED) is 0.698. The lowest BCUT2D eigenvalue weighted by Gasteiger charge is -2.33. The molecule has 120 valence electrons. The molecule has 5 nitrogen and oxygen atoms in total. The number of nitrogens with zero attached hydrogens (tertiary/aromatic N) is 1. The molecule has 0 aromatic rings. The summed E-state index contributed by atoms with van der Waals surface area (Å²) < 4.78 is 0. The fourth-order valence-corrected chi connectivity index (χ4v) is 2.20. The highest BCUT2D eigenvalue weighted by Crippen LogP contribution is 2.34. The summed E-state index contributed by atoms with van der Waals surface area (Å²) in [5.41, 5.74) is -1.30. The first-order valence-corrected chi connectivity index (χ1v) is 7.17. The molecule has 0 saturated heterocycles. The van der Waals surface area contributed by atoms with Gasteiger partial charge >= 0.3 is 0 Å². The average molecular weight is 296 g/mol. The lowest BCUT2D eigenvalue weighted by Crippen LogP contribution is -2.47. The van der Waals surface area contributed by atoms with E-state index in [1.165, 1.54) is 13.8 Å². The van der Waals surface area contributed by atoms with Gasteiger partial charge in [0.2, 0.25) is 5.91 Å². The van der Waals surface area contributed by atoms with E-state index in [9.17, 15) is 14.4 Å². The number of amides is 1. The first kappa shape index (κ1) is 19.5. The molecule has 0 aliphatic carbocycles. The van der Waals surface area contributed by atoms with Gasteiger partial charge in [0.25, 0.3) is 0 Å². The number of ketones is 2. The van der Waals surface area contributed by atoms with Crippen molar-refractivity contribution in [2.75, 3.05) is 7.05 Å². The molecule has 0 bridgehead atoms. The molecule has 0 aromatic heterocycles. The Morgan fingerprint density at radius 1 is 1.10 bits per heavy atom. The average Bonchev–Trinajstić information content (AvgIpc) is 2.32. The Bertz CT molecular complexity index is 437. The first-order chi connectivity index (χ1) is 9.44. The molecule has 1 amide bonds. The lowest BCUT2D eigenvalue weighted by molar-refractivity contribution is -0.136. The zero-order chi connectivity index (χ0) is 16.8. The number of nitrogens with one attached hydrogen (secondary N) is 1. The van der Waals surface area contributed by atoms with Crippen LogP contribution in [0.2, 0.25) is 0 Å². The smallest absolute Gasteiger partial charge is 0.226 e. The van der Waals surface area contributed by atoms with E-state index in [0.717, 1.165) is 0 Å². The Morgan fingerprint density at radius 3 is 2.00 bits per heavy atom. The van der Waals surface area contributed by atoms with Gasteiger partial charge in [0.15, 0.2) is 5.78 Å². The van der Waals surface area contributed by atoms with E-state index in [1.54, 1.807) is 27.1 Å². The number of aliphatic imine (C=N–C) groups is 1. The Balaban J connectivity index is 4.96. The van der Waals surface area contributed by atoms with Gasteiger partial charge < -0.3 is 10.3 Å². The molecule has 1 unspecified atom stereocenters. The predicted molar refractivity (Wildman–Crippen MR) is 84.5 cm³/mol. The maximum atomic E-state index is 12.4. The summed E-state index contributed by atoms with van der Waals surface area (Å²) in [5, 5.41) is 2.76. The van der Waals surface area contributed by atoms with Gasteiger partial charge in [-0.25, -0.2) is 0 Å². The van der Waals surface area contributed by atoms with Crippen molar-refractivity contribution < 1.29 is 14.4 Å². The van der Waals surface area contributed by atoms with Crippen LogP contribution in [0.15, 0.2) is 4.99 Å². The van der Waals surface area contributed by atoms with E-state index in [4.69, 9.17) is 0 Å². The van der Waals surface area contributed by atoms with Gasteiger partial charge in [-0.1, -0.05) is 27.7 Å². The van der Waals surface area contributed by atoms with Crippen molar-refractivity contribution in [3.63, 3.8) is 0 Å². The van der Waals surface area contributed by atoms with Crippen LogP contribution in [0, 0.1) is 10.8 Å². The maximum Gasteiger partial charge on any atom is 0.226 e. The van der Waals surface area contributed by atoms with Gasteiger partial charge in [-0.3, -0.25) is 14.4 Å². The van der Waals surface area contributed by atoms with Gasteiger partial charge in [0.1, 0.15) is 5.78 Å². The fraction of sp³-hybridized carbons (Fsp3) is 0.750. The third kappa shape index (κ3) is 6.19. The highest BCUT2D eigenvalue weighted by Gasteiger charge is 2.38. The molecule has 0 aromatic carbocycles. The van der Waals surface area contributed by atoms with Crippen LogP contribution in [0.5, 0.6) is 0 Å². The molecule has 0 aliphatic heterocycles. The second-order valence-corrected chi connectivity index (χ2v) is 6.81. The molecule has 0 rings (SSSR count). The molecule has 0 saturated carbocycles. The first-order valence-electron chi connectivity index (χ1n) is 7.17. The number of carbonyl (C=O) groups is 3. The van der Waals surface area contributed by atoms with Crippen LogP contribution in [-0.4, -0.2) is 36.8 Å². The van der Waals surface area contributed by atoms with Gasteiger partial charge in [-0.2, -0.15) is 0 Å². The molecule has 0 heterocycles. The van der Waals surface area contributed by atoms with Crippen molar-refractivity contribution in [3.05, 3.63) is 0 Å². The van der Waals surface area contributed by atoms with Gasteiger partial charge in [0.05, 0.1) is 6.04 Å². The molecule has 1 atom stereocenters. The van der Waals surface area contributed by atoms with Crippen molar-refractivity contribution in [1.82, 2.24) is 5.32 Å². The molecular weight excluding hydrogens is 268 g/mol. The summed E-state index contributed by atoms with van der Waals surface area (Å²) in [4.78, 5) is 39.5. The minimum absolute atomic E-state index is 0.0459. The summed E-state index contributed by atoms with van der Waals surface area (Å²) in [5.74, 6) is -0.281. The van der Waals surface area contributed by atoms with Crippen LogP contribution in [0.3, 0.4) is 0 Å². The van der Waals surface area contributed by atoms with Crippen LogP contribution in [-0.2, 0) is 14.4 Å². The normalized spacial score (nSPS) is 14.0. The summed E-state index contributed by atoms with van der Waals surface area (Å²) in [6.07, 6.45) is 2.41. The topological polar surface area (TPSA) is 75.6 Å². The van der Waals surface area contributed by atoms with Crippen LogP contribution >= 0.6 is 0 Å². The Morgan fingerprint density at radius 2 is 1.62 bits per heavy atom. The van der Waals surface area contributed by atoms with Gasteiger partial charge in [-0.05, 0) is 20.3 Å². The van der Waals surface area contributed by atoms with Crippen molar-refractivity contribution >= 4 is 23.7 Å². The van der Waals surface area contributed by atoms with Crippen LogP contribution < -0.4 is 5.32 Å². The zero-order valence-electron chi connectivity index (χ0n) is 14.2. The molecule has 0 spiro atoms. The van der Waals surface area contributed by atoms with Crippen molar-refractivity contribution in [1.29, 1.82) is 0 Å². The third-order valence-electron chi connectivity index (χ3n) is 3.77. The van der Waals surface area contributed by atoms with E-state index in [0.29, 0.717) is 12.8 Å². The maximum absolute atomic E-state index is 12.4. The number of rotatable bonds is 8. The van der Waals surface area contributed by atoms with E-state index in [-0.39, 0.29) is 17.5 Å². The Hall–Kier alpha value is -1.52. The second-order valence-electron chi connectivity index (χ2n) is 6.81. The minimum Gasteiger partial charge on any atom is -0.345 e. The molecule has 1 N–H and O–H groups in total. The fourth-order valence-electron chi connectivity index (χ4n) is 2.20. The van der Waals surface area contributed by atoms with Crippen molar-refractivity contribution in [2.24, 2.45) is 15.8 Å². The number of hydrogen-bond acceptors (Lipinski definition) is 4. The zero-order valence-corrected chi connectivity index (χ0v) is 14.2. The molecule has 5 heteroatoms. The largest absolute Gasteiger partial charge is 0.345 e. The van der Waals surface area contributed by atoms with E-state index in [2.05, 4.69) is 10.3 Å². The number of hydrogen-bond donors (Lipinski definition) is 1. The summed E-state index contributed by atoms with van der Waals surface area (Å²) in [7, 11) is 1.62.